The highest BCUT2D eigenvalue weighted by atomic mass is 16.4. The predicted molar refractivity (Wildman–Crippen MR) is 90.1 cm³/mol. The zero-order valence-electron chi connectivity index (χ0n) is 12.7. The van der Waals surface area contributed by atoms with Crippen molar-refractivity contribution in [1.29, 1.82) is 10.5 Å². The van der Waals surface area contributed by atoms with Crippen LogP contribution in [0.4, 0.5) is 11.4 Å². The molecule has 2 rings (SSSR count). The maximum absolute atomic E-state index is 11.1. The standard InChI is InChI=1S/C18H14N4O2/c19-9-14(10-20)12-22-17-8-15(18(23)24)6-7-16(17)21-11-13-4-2-1-3-5-13/h1-8,12,21-22H,11H2,(H,23,24). The van der Waals surface area contributed by atoms with E-state index in [-0.39, 0.29) is 11.1 Å². The molecule has 0 saturated heterocycles. The number of nitrogens with one attached hydrogen (secondary N) is 2. The van der Waals surface area contributed by atoms with Gasteiger partial charge in [0.1, 0.15) is 17.7 Å². The number of nitriles is 2. The third-order valence-corrected chi connectivity index (χ3v) is 3.21. The first-order valence-electron chi connectivity index (χ1n) is 7.06. The summed E-state index contributed by atoms with van der Waals surface area (Å²) in [5.41, 5.74) is 2.19. The Morgan fingerprint density at radius 3 is 2.42 bits per heavy atom. The lowest BCUT2D eigenvalue weighted by Crippen LogP contribution is -2.05. The zero-order chi connectivity index (χ0) is 17.4. The molecular formula is C18H14N4O2. The van der Waals surface area contributed by atoms with Crippen molar-refractivity contribution in [1.82, 2.24) is 0 Å². The second kappa shape index (κ2) is 8.02. The number of carboxylic acid groups (broad SMARTS) is 1. The summed E-state index contributed by atoms with van der Waals surface area (Å²) in [4.78, 5) is 11.1. The highest BCUT2D eigenvalue weighted by Gasteiger charge is 2.08. The fourth-order valence-electron chi connectivity index (χ4n) is 1.98. The predicted octanol–water partition coefficient (Wildman–Crippen LogP) is 3.34. The van der Waals surface area contributed by atoms with Crippen molar-refractivity contribution in [3.8, 4) is 12.1 Å². The number of hydrogen-bond acceptors (Lipinski definition) is 5. The average molecular weight is 318 g/mol. The summed E-state index contributed by atoms with van der Waals surface area (Å²) in [6.07, 6.45) is 1.24. The van der Waals surface area contributed by atoms with Gasteiger partial charge >= 0.3 is 5.97 Å². The Bertz CT molecular complexity index is 830. The zero-order valence-corrected chi connectivity index (χ0v) is 12.7. The second-order valence-electron chi connectivity index (χ2n) is 4.83. The van der Waals surface area contributed by atoms with Crippen molar-refractivity contribution in [2.75, 3.05) is 10.6 Å². The topological polar surface area (TPSA) is 109 Å². The number of carbonyl (C=O) groups is 1. The minimum absolute atomic E-state index is 0.103. The maximum atomic E-state index is 11.1. The molecule has 0 atom stereocenters. The third-order valence-electron chi connectivity index (χ3n) is 3.21. The van der Waals surface area contributed by atoms with E-state index < -0.39 is 5.97 Å². The van der Waals surface area contributed by atoms with Gasteiger partial charge in [-0.3, -0.25) is 0 Å². The third kappa shape index (κ3) is 4.36. The summed E-state index contributed by atoms with van der Waals surface area (Å²) in [7, 11) is 0. The van der Waals surface area contributed by atoms with E-state index in [2.05, 4.69) is 10.6 Å². The molecule has 0 aliphatic rings. The molecule has 0 radical (unpaired) electrons. The maximum Gasteiger partial charge on any atom is 0.335 e. The number of benzene rings is 2. The van der Waals surface area contributed by atoms with Crippen molar-refractivity contribution in [3.05, 3.63) is 71.4 Å². The molecule has 118 valence electrons. The van der Waals surface area contributed by atoms with E-state index in [0.717, 1.165) is 5.56 Å². The van der Waals surface area contributed by atoms with E-state index in [1.165, 1.54) is 18.3 Å². The van der Waals surface area contributed by atoms with Gasteiger partial charge in [0.25, 0.3) is 0 Å². The van der Waals surface area contributed by atoms with Gasteiger partial charge in [0.15, 0.2) is 0 Å². The highest BCUT2D eigenvalue weighted by Crippen LogP contribution is 2.24. The highest BCUT2D eigenvalue weighted by molar-refractivity contribution is 5.91. The lowest BCUT2D eigenvalue weighted by molar-refractivity contribution is 0.0697. The molecule has 0 saturated carbocycles. The number of rotatable bonds is 6. The molecule has 0 fully saturated rings. The van der Waals surface area contributed by atoms with E-state index in [9.17, 15) is 4.79 Å². The Hall–Kier alpha value is -3.77. The van der Waals surface area contributed by atoms with Crippen LogP contribution in [0.1, 0.15) is 15.9 Å². The molecule has 2 aromatic rings. The molecule has 6 heteroatoms. The minimum Gasteiger partial charge on any atom is -0.478 e. The smallest absolute Gasteiger partial charge is 0.335 e. The van der Waals surface area contributed by atoms with E-state index >= 15 is 0 Å². The Morgan fingerprint density at radius 2 is 1.79 bits per heavy atom. The van der Waals surface area contributed by atoms with Crippen LogP contribution in [0.3, 0.4) is 0 Å². The molecule has 0 aliphatic heterocycles. The molecule has 0 unspecified atom stereocenters. The van der Waals surface area contributed by atoms with Gasteiger partial charge in [-0.25, -0.2) is 4.79 Å². The van der Waals surface area contributed by atoms with Crippen molar-refractivity contribution in [2.45, 2.75) is 6.54 Å². The van der Waals surface area contributed by atoms with E-state index in [0.29, 0.717) is 17.9 Å². The SMILES string of the molecule is N#CC(C#N)=CNc1cc(C(=O)O)ccc1NCc1ccccc1. The van der Waals surface area contributed by atoms with Crippen LogP contribution in [-0.2, 0) is 6.54 Å². The summed E-state index contributed by atoms with van der Waals surface area (Å²) < 4.78 is 0. The van der Waals surface area contributed by atoms with Gasteiger partial charge < -0.3 is 15.7 Å². The number of nitrogens with zero attached hydrogens (tertiary/aromatic N) is 2. The summed E-state index contributed by atoms with van der Waals surface area (Å²) in [6.45, 7) is 0.551. The molecule has 6 nitrogen and oxygen atoms in total. The monoisotopic (exact) mass is 318 g/mol. The normalized spacial score (nSPS) is 9.25. The van der Waals surface area contributed by atoms with Crippen LogP contribution in [0.15, 0.2) is 60.3 Å². The first-order chi connectivity index (χ1) is 11.6. The largest absolute Gasteiger partial charge is 0.478 e. The molecule has 0 aliphatic carbocycles. The van der Waals surface area contributed by atoms with Gasteiger partial charge in [-0.05, 0) is 23.8 Å². The van der Waals surface area contributed by atoms with E-state index in [4.69, 9.17) is 15.6 Å². The fourth-order valence-corrected chi connectivity index (χ4v) is 1.98. The number of hydrogen-bond donors (Lipinski definition) is 3. The van der Waals surface area contributed by atoms with Gasteiger partial charge in [-0.15, -0.1) is 0 Å². The molecule has 0 heterocycles. The van der Waals surface area contributed by atoms with Gasteiger partial charge in [0, 0.05) is 12.7 Å². The average Bonchev–Trinajstić information content (AvgIpc) is 2.62. The lowest BCUT2D eigenvalue weighted by Gasteiger charge is -2.13. The number of anilines is 2. The van der Waals surface area contributed by atoms with Crippen LogP contribution >= 0.6 is 0 Å². The Labute approximate surface area is 139 Å². The van der Waals surface area contributed by atoms with Crippen LogP contribution in [0, 0.1) is 22.7 Å². The number of allylic oxidation sites excluding steroid dienone is 1. The van der Waals surface area contributed by atoms with Crippen LogP contribution in [0.5, 0.6) is 0 Å². The van der Waals surface area contributed by atoms with Gasteiger partial charge in [-0.2, -0.15) is 10.5 Å². The molecule has 0 bridgehead atoms. The fraction of sp³-hybridized carbons (Fsp3) is 0.0556. The summed E-state index contributed by atoms with van der Waals surface area (Å²) in [6, 6.07) is 17.8. The van der Waals surface area contributed by atoms with Gasteiger partial charge in [0.2, 0.25) is 0 Å². The molecule has 0 amide bonds. The Morgan fingerprint density at radius 1 is 1.08 bits per heavy atom. The minimum atomic E-state index is -1.06. The molecular weight excluding hydrogens is 304 g/mol. The lowest BCUT2D eigenvalue weighted by atomic mass is 10.1. The Balaban J connectivity index is 2.26. The van der Waals surface area contributed by atoms with Gasteiger partial charge in [0.05, 0.1) is 16.9 Å². The van der Waals surface area contributed by atoms with Gasteiger partial charge in [-0.1, -0.05) is 30.3 Å². The van der Waals surface area contributed by atoms with Crippen molar-refractivity contribution < 1.29 is 9.90 Å². The summed E-state index contributed by atoms with van der Waals surface area (Å²) >= 11 is 0. The molecule has 3 N–H and O–H groups in total. The number of carboxylic acids is 1. The van der Waals surface area contributed by atoms with Crippen LogP contribution in [-0.4, -0.2) is 11.1 Å². The summed E-state index contributed by atoms with van der Waals surface area (Å²) in [5, 5.41) is 32.7. The van der Waals surface area contributed by atoms with E-state index in [1.54, 1.807) is 18.2 Å². The van der Waals surface area contributed by atoms with Crippen molar-refractivity contribution >= 4 is 17.3 Å². The molecule has 0 aromatic heterocycles. The van der Waals surface area contributed by atoms with Crippen molar-refractivity contribution in [3.63, 3.8) is 0 Å². The van der Waals surface area contributed by atoms with E-state index in [1.807, 2.05) is 30.3 Å². The number of aromatic carboxylic acids is 1. The molecule has 24 heavy (non-hydrogen) atoms. The molecule has 0 spiro atoms. The summed E-state index contributed by atoms with van der Waals surface area (Å²) in [5.74, 6) is -1.06. The van der Waals surface area contributed by atoms with Crippen molar-refractivity contribution in [2.24, 2.45) is 0 Å². The van der Waals surface area contributed by atoms with Crippen LogP contribution in [0.2, 0.25) is 0 Å². The first kappa shape index (κ1) is 16.6. The first-order valence-corrected chi connectivity index (χ1v) is 7.06. The second-order valence-corrected chi connectivity index (χ2v) is 4.83. The van der Waals surface area contributed by atoms with Crippen LogP contribution in [0.25, 0.3) is 0 Å². The van der Waals surface area contributed by atoms with Crippen LogP contribution < -0.4 is 10.6 Å². The quantitative estimate of drug-likeness (QED) is 0.705. The molecule has 2 aromatic carbocycles. The Kier molecular flexibility index (Phi) is 5.55.